The van der Waals surface area contributed by atoms with E-state index < -0.39 is 0 Å². The molecule has 0 aliphatic rings. The van der Waals surface area contributed by atoms with Gasteiger partial charge < -0.3 is 25.0 Å². The van der Waals surface area contributed by atoms with Crippen LogP contribution in [0.15, 0.2) is 72.8 Å². The number of aromatic hydroxyl groups is 3. The molecule has 0 spiro atoms. The van der Waals surface area contributed by atoms with Crippen molar-refractivity contribution in [2.75, 3.05) is 4.90 Å². The van der Waals surface area contributed by atoms with Gasteiger partial charge in [-0.1, -0.05) is 12.1 Å². The topological polar surface area (TPSA) is 73.2 Å². The summed E-state index contributed by atoms with van der Waals surface area (Å²) in [6.45, 7) is 7.68. The summed E-state index contributed by atoms with van der Waals surface area (Å²) < 4.78 is 6.07. The van der Waals surface area contributed by atoms with Crippen molar-refractivity contribution in [1.82, 2.24) is 0 Å². The quantitative estimate of drug-likeness (QED) is 0.303. The summed E-state index contributed by atoms with van der Waals surface area (Å²) >= 11 is 0. The predicted octanol–water partition coefficient (Wildman–Crippen LogP) is 7.30. The van der Waals surface area contributed by atoms with Gasteiger partial charge in [-0.3, -0.25) is 0 Å². The number of hydrogen-bond acceptors (Lipinski definition) is 5. The Morgan fingerprint density at radius 3 is 1.67 bits per heavy atom. The van der Waals surface area contributed by atoms with Gasteiger partial charge in [0.25, 0.3) is 0 Å². The summed E-state index contributed by atoms with van der Waals surface area (Å²) in [5, 5.41) is 30.2. The highest BCUT2D eigenvalue weighted by Gasteiger charge is 2.18. The highest BCUT2D eigenvalue weighted by Crippen LogP contribution is 2.41. The van der Waals surface area contributed by atoms with Gasteiger partial charge in [-0.15, -0.1) is 0 Å². The molecule has 168 valence electrons. The number of phenols is 3. The van der Waals surface area contributed by atoms with Crippen LogP contribution in [0.2, 0.25) is 0 Å². The Kier molecular flexibility index (Phi) is 5.88. The van der Waals surface area contributed by atoms with E-state index in [0.717, 1.165) is 39.3 Å². The van der Waals surface area contributed by atoms with Crippen LogP contribution in [0.25, 0.3) is 0 Å². The molecule has 0 saturated carbocycles. The number of nitrogens with zero attached hydrogens (tertiary/aromatic N) is 1. The van der Waals surface area contributed by atoms with Gasteiger partial charge in [0, 0.05) is 17.8 Å². The smallest absolute Gasteiger partial charge is 0.130 e. The first-order valence-electron chi connectivity index (χ1n) is 10.7. The standard InChI is InChI=1S/C28H27NO4/c1-17-5-9-22(30)15-25(17)29(26-16-23(31)10-6-18(26)2)21-7-11-24(12-8-21)33-28-14-19(3)27(32)13-20(28)4/h5-16,30-32H,1-4H3. The van der Waals surface area contributed by atoms with Gasteiger partial charge in [0.15, 0.2) is 0 Å². The molecule has 4 aromatic carbocycles. The van der Waals surface area contributed by atoms with Crippen molar-refractivity contribution >= 4 is 17.1 Å². The maximum atomic E-state index is 10.2. The van der Waals surface area contributed by atoms with Crippen LogP contribution in [0.1, 0.15) is 22.3 Å². The van der Waals surface area contributed by atoms with Crippen molar-refractivity contribution in [3.8, 4) is 28.7 Å². The van der Waals surface area contributed by atoms with Crippen LogP contribution in [0.5, 0.6) is 28.7 Å². The van der Waals surface area contributed by atoms with E-state index in [-0.39, 0.29) is 17.2 Å². The van der Waals surface area contributed by atoms with Crippen LogP contribution < -0.4 is 9.64 Å². The molecule has 0 saturated heterocycles. The Morgan fingerprint density at radius 2 is 1.12 bits per heavy atom. The summed E-state index contributed by atoms with van der Waals surface area (Å²) in [6, 6.07) is 21.6. The van der Waals surface area contributed by atoms with Crippen molar-refractivity contribution < 1.29 is 20.1 Å². The summed E-state index contributed by atoms with van der Waals surface area (Å²) in [5.74, 6) is 1.91. The minimum absolute atomic E-state index is 0.163. The minimum Gasteiger partial charge on any atom is -0.508 e. The Labute approximate surface area is 193 Å². The molecule has 0 amide bonds. The maximum Gasteiger partial charge on any atom is 0.130 e. The first-order chi connectivity index (χ1) is 15.7. The second-order valence-corrected chi connectivity index (χ2v) is 8.28. The van der Waals surface area contributed by atoms with Gasteiger partial charge in [0.1, 0.15) is 28.7 Å². The zero-order valence-electron chi connectivity index (χ0n) is 19.1. The third-order valence-electron chi connectivity index (χ3n) is 5.68. The van der Waals surface area contributed by atoms with Gasteiger partial charge in [-0.05, 0) is 98.5 Å². The molecule has 0 atom stereocenters. The van der Waals surface area contributed by atoms with Gasteiger partial charge >= 0.3 is 0 Å². The fraction of sp³-hybridized carbons (Fsp3) is 0.143. The van der Waals surface area contributed by atoms with Crippen LogP contribution in [-0.4, -0.2) is 15.3 Å². The molecule has 0 heterocycles. The van der Waals surface area contributed by atoms with E-state index in [9.17, 15) is 15.3 Å². The number of ether oxygens (including phenoxy) is 1. The lowest BCUT2D eigenvalue weighted by atomic mass is 10.1. The number of benzene rings is 4. The molecule has 0 aromatic heterocycles. The fourth-order valence-corrected chi connectivity index (χ4v) is 3.76. The van der Waals surface area contributed by atoms with Crippen LogP contribution in [0.4, 0.5) is 17.1 Å². The zero-order valence-corrected chi connectivity index (χ0v) is 19.1. The van der Waals surface area contributed by atoms with Gasteiger partial charge in [-0.2, -0.15) is 0 Å². The lowest BCUT2D eigenvalue weighted by molar-refractivity contribution is 0.458. The fourth-order valence-electron chi connectivity index (χ4n) is 3.76. The molecule has 5 heteroatoms. The van der Waals surface area contributed by atoms with E-state index in [4.69, 9.17) is 4.74 Å². The largest absolute Gasteiger partial charge is 0.508 e. The molecule has 0 radical (unpaired) electrons. The second-order valence-electron chi connectivity index (χ2n) is 8.28. The van der Waals surface area contributed by atoms with Crippen LogP contribution >= 0.6 is 0 Å². The molecule has 0 unspecified atom stereocenters. The van der Waals surface area contributed by atoms with Gasteiger partial charge in [0.05, 0.1) is 11.4 Å². The van der Waals surface area contributed by atoms with Gasteiger partial charge in [0.2, 0.25) is 0 Å². The first-order valence-corrected chi connectivity index (χ1v) is 10.7. The summed E-state index contributed by atoms with van der Waals surface area (Å²) in [5.41, 5.74) is 6.01. The van der Waals surface area contributed by atoms with Gasteiger partial charge in [-0.25, -0.2) is 0 Å². The van der Waals surface area contributed by atoms with E-state index in [1.54, 1.807) is 30.3 Å². The molecule has 0 fully saturated rings. The number of rotatable bonds is 5. The summed E-state index contributed by atoms with van der Waals surface area (Å²) in [4.78, 5) is 2.00. The molecular formula is C28H27NO4. The van der Waals surface area contributed by atoms with Crippen LogP contribution in [0, 0.1) is 27.7 Å². The SMILES string of the molecule is Cc1cc(Oc2ccc(N(c3cc(O)ccc3C)c3cc(O)ccc3C)cc2)c(C)cc1O. The summed E-state index contributed by atoms with van der Waals surface area (Å²) in [7, 11) is 0. The monoisotopic (exact) mass is 441 g/mol. The Balaban J connectivity index is 1.76. The molecule has 0 aliphatic heterocycles. The Morgan fingerprint density at radius 1 is 0.576 bits per heavy atom. The van der Waals surface area contributed by atoms with E-state index in [0.29, 0.717) is 11.5 Å². The maximum absolute atomic E-state index is 10.2. The molecular weight excluding hydrogens is 414 g/mol. The zero-order chi connectivity index (χ0) is 23.7. The normalized spacial score (nSPS) is 10.8. The Bertz CT molecular complexity index is 1260. The predicted molar refractivity (Wildman–Crippen MR) is 132 cm³/mol. The highest BCUT2D eigenvalue weighted by atomic mass is 16.5. The molecule has 4 aromatic rings. The average molecular weight is 442 g/mol. The van der Waals surface area contributed by atoms with Crippen molar-refractivity contribution in [1.29, 1.82) is 0 Å². The number of phenolic OH excluding ortho intramolecular Hbond substituents is 3. The molecule has 4 rings (SSSR count). The van der Waals surface area contributed by atoms with Crippen LogP contribution in [-0.2, 0) is 0 Å². The van der Waals surface area contributed by atoms with Crippen molar-refractivity contribution in [3.63, 3.8) is 0 Å². The third-order valence-corrected chi connectivity index (χ3v) is 5.68. The first kappa shape index (κ1) is 22.1. The number of hydrogen-bond donors (Lipinski definition) is 3. The number of anilines is 3. The van der Waals surface area contributed by atoms with Crippen LogP contribution in [0.3, 0.4) is 0 Å². The summed E-state index contributed by atoms with van der Waals surface area (Å²) in [6.07, 6.45) is 0. The van der Waals surface area contributed by atoms with Crippen molar-refractivity contribution in [3.05, 3.63) is 95.1 Å². The Hall–Kier alpha value is -4.12. The number of aryl methyl sites for hydroxylation is 4. The van der Waals surface area contributed by atoms with E-state index in [1.165, 1.54) is 0 Å². The lowest BCUT2D eigenvalue weighted by Gasteiger charge is -2.28. The lowest BCUT2D eigenvalue weighted by Crippen LogP contribution is -2.12. The highest BCUT2D eigenvalue weighted by molar-refractivity contribution is 5.81. The molecule has 0 aliphatic carbocycles. The van der Waals surface area contributed by atoms with E-state index >= 15 is 0 Å². The molecule has 0 bridgehead atoms. The molecule has 5 nitrogen and oxygen atoms in total. The average Bonchev–Trinajstić information content (AvgIpc) is 2.78. The second kappa shape index (κ2) is 8.79. The molecule has 33 heavy (non-hydrogen) atoms. The molecule has 3 N–H and O–H groups in total. The van der Waals surface area contributed by atoms with Crippen molar-refractivity contribution in [2.24, 2.45) is 0 Å². The van der Waals surface area contributed by atoms with Crippen molar-refractivity contribution in [2.45, 2.75) is 27.7 Å². The minimum atomic E-state index is 0.163. The van der Waals surface area contributed by atoms with E-state index in [1.807, 2.05) is 75.1 Å². The third kappa shape index (κ3) is 4.58. The van der Waals surface area contributed by atoms with E-state index in [2.05, 4.69) is 0 Å².